The Hall–Kier alpha value is -1.93. The fraction of sp³-hybridized carbons (Fsp3) is 0.438. The van der Waals surface area contributed by atoms with E-state index in [2.05, 4.69) is 26.3 Å². The lowest BCUT2D eigenvalue weighted by atomic mass is 10.2. The van der Waals surface area contributed by atoms with E-state index >= 15 is 0 Å². The summed E-state index contributed by atoms with van der Waals surface area (Å²) in [5.41, 5.74) is 3.73. The van der Waals surface area contributed by atoms with Crippen molar-refractivity contribution in [3.63, 3.8) is 0 Å². The molecule has 0 radical (unpaired) electrons. The molecule has 1 N–H and O–H groups in total. The van der Waals surface area contributed by atoms with Gasteiger partial charge in [0.1, 0.15) is 5.69 Å². The highest BCUT2D eigenvalue weighted by Crippen LogP contribution is 2.20. The number of amides is 1. The lowest BCUT2D eigenvalue weighted by Gasteiger charge is -2.08. The molecule has 2 aromatic rings. The molecular formula is C16H21BrN4O3. The number of nitrogens with one attached hydrogen (secondary N) is 1. The van der Waals surface area contributed by atoms with E-state index in [9.17, 15) is 9.59 Å². The summed E-state index contributed by atoms with van der Waals surface area (Å²) in [6.45, 7) is 5.52. The summed E-state index contributed by atoms with van der Waals surface area (Å²) in [6.07, 6.45) is 0.717. The van der Waals surface area contributed by atoms with E-state index in [1.165, 1.54) is 0 Å². The van der Waals surface area contributed by atoms with Crippen LogP contribution in [-0.4, -0.2) is 40.3 Å². The lowest BCUT2D eigenvalue weighted by molar-refractivity contribution is 0.0942. The van der Waals surface area contributed by atoms with Crippen LogP contribution in [0, 0.1) is 13.8 Å². The third-order valence-corrected chi connectivity index (χ3v) is 4.67. The highest BCUT2D eigenvalue weighted by molar-refractivity contribution is 9.10. The normalized spacial score (nSPS) is 10.9. The largest absolute Gasteiger partial charge is 0.383 e. The Labute approximate surface area is 149 Å². The summed E-state index contributed by atoms with van der Waals surface area (Å²) in [7, 11) is 3.33. The Bertz CT molecular complexity index is 764. The maximum Gasteiger partial charge on any atom is 0.268 e. The molecule has 0 spiro atoms. The fourth-order valence-electron chi connectivity index (χ4n) is 2.58. The first kappa shape index (κ1) is 18.4. The zero-order chi connectivity index (χ0) is 17.9. The van der Waals surface area contributed by atoms with Gasteiger partial charge in [-0.15, -0.1) is 0 Å². The number of methoxy groups -OCH3 is 1. The van der Waals surface area contributed by atoms with Crippen LogP contribution in [0.1, 0.15) is 37.9 Å². The van der Waals surface area contributed by atoms with Gasteiger partial charge in [-0.2, -0.15) is 5.10 Å². The number of hydrogen-bond acceptors (Lipinski definition) is 4. The third kappa shape index (κ3) is 3.59. The van der Waals surface area contributed by atoms with Crippen molar-refractivity contribution in [2.24, 2.45) is 7.05 Å². The zero-order valence-electron chi connectivity index (χ0n) is 14.2. The first-order chi connectivity index (χ1) is 11.4. The molecule has 0 atom stereocenters. The van der Waals surface area contributed by atoms with Crippen molar-refractivity contribution in [3.8, 4) is 0 Å². The average molecular weight is 397 g/mol. The topological polar surface area (TPSA) is 78.2 Å². The number of aldehydes is 1. The predicted octanol–water partition coefficient (Wildman–Crippen LogP) is 1.99. The number of aromatic nitrogens is 3. The van der Waals surface area contributed by atoms with Gasteiger partial charge in [0.05, 0.1) is 24.5 Å². The van der Waals surface area contributed by atoms with E-state index in [1.54, 1.807) is 24.8 Å². The molecule has 24 heavy (non-hydrogen) atoms. The molecule has 130 valence electrons. The molecule has 0 saturated heterocycles. The van der Waals surface area contributed by atoms with Crippen molar-refractivity contribution in [3.05, 3.63) is 38.9 Å². The molecule has 2 aromatic heterocycles. The van der Waals surface area contributed by atoms with Crippen molar-refractivity contribution in [2.75, 3.05) is 13.7 Å². The Morgan fingerprint density at radius 3 is 2.75 bits per heavy atom. The minimum Gasteiger partial charge on any atom is -0.383 e. The minimum absolute atomic E-state index is 0.241. The SMILES string of the molecule is COCCn1nc(C)c(CNC(=O)c2cc(Br)c(C=O)n2C)c1C. The lowest BCUT2D eigenvalue weighted by Crippen LogP contribution is -2.25. The van der Waals surface area contributed by atoms with Crippen LogP contribution in [0.3, 0.4) is 0 Å². The average Bonchev–Trinajstić information content (AvgIpc) is 2.99. The van der Waals surface area contributed by atoms with Crippen LogP contribution >= 0.6 is 15.9 Å². The second kappa shape index (κ2) is 7.76. The molecule has 2 heterocycles. The Balaban J connectivity index is 2.12. The molecule has 8 heteroatoms. The maximum atomic E-state index is 12.4. The number of nitrogens with zero attached hydrogens (tertiary/aromatic N) is 3. The second-order valence-electron chi connectivity index (χ2n) is 5.49. The Morgan fingerprint density at radius 2 is 2.17 bits per heavy atom. The molecule has 1 amide bonds. The van der Waals surface area contributed by atoms with Crippen LogP contribution in [0.4, 0.5) is 0 Å². The summed E-state index contributed by atoms with van der Waals surface area (Å²) >= 11 is 3.29. The smallest absolute Gasteiger partial charge is 0.268 e. The summed E-state index contributed by atoms with van der Waals surface area (Å²) in [5.74, 6) is -0.241. The molecule has 7 nitrogen and oxygen atoms in total. The number of ether oxygens (including phenoxy) is 1. The van der Waals surface area contributed by atoms with E-state index < -0.39 is 0 Å². The molecule has 0 aromatic carbocycles. The summed E-state index contributed by atoms with van der Waals surface area (Å²) < 4.78 is 9.12. The molecule has 0 aliphatic carbocycles. The van der Waals surface area contributed by atoms with E-state index in [1.807, 2.05) is 18.5 Å². The maximum absolute atomic E-state index is 12.4. The van der Waals surface area contributed by atoms with Crippen LogP contribution in [0.5, 0.6) is 0 Å². The van der Waals surface area contributed by atoms with Gasteiger partial charge in [0.15, 0.2) is 6.29 Å². The fourth-order valence-corrected chi connectivity index (χ4v) is 3.15. The molecule has 2 rings (SSSR count). The highest BCUT2D eigenvalue weighted by Gasteiger charge is 2.18. The monoisotopic (exact) mass is 396 g/mol. The van der Waals surface area contributed by atoms with Gasteiger partial charge in [0.2, 0.25) is 0 Å². The molecule has 0 aliphatic heterocycles. The first-order valence-electron chi connectivity index (χ1n) is 7.51. The molecule has 0 saturated carbocycles. The molecule has 0 unspecified atom stereocenters. The molecular weight excluding hydrogens is 376 g/mol. The number of hydrogen-bond donors (Lipinski definition) is 1. The molecule has 0 fully saturated rings. The van der Waals surface area contributed by atoms with Gasteiger partial charge in [-0.3, -0.25) is 14.3 Å². The Kier molecular flexibility index (Phi) is 5.95. The Morgan fingerprint density at radius 1 is 1.46 bits per heavy atom. The van der Waals surface area contributed by atoms with Crippen LogP contribution in [0.2, 0.25) is 0 Å². The van der Waals surface area contributed by atoms with Crippen molar-refractivity contribution < 1.29 is 14.3 Å². The van der Waals surface area contributed by atoms with Gasteiger partial charge in [-0.05, 0) is 35.8 Å². The van der Waals surface area contributed by atoms with Gasteiger partial charge in [0.25, 0.3) is 5.91 Å². The minimum atomic E-state index is -0.241. The van der Waals surface area contributed by atoms with E-state index in [4.69, 9.17) is 4.74 Å². The number of carbonyl (C=O) groups excluding carboxylic acids is 2. The van der Waals surface area contributed by atoms with Gasteiger partial charge in [-0.1, -0.05) is 0 Å². The van der Waals surface area contributed by atoms with Crippen molar-refractivity contribution in [1.82, 2.24) is 19.7 Å². The summed E-state index contributed by atoms with van der Waals surface area (Å²) in [4.78, 5) is 23.4. The summed E-state index contributed by atoms with van der Waals surface area (Å²) in [5, 5.41) is 7.36. The number of carbonyl (C=O) groups is 2. The van der Waals surface area contributed by atoms with E-state index in [0.29, 0.717) is 35.6 Å². The standard InChI is InChI=1S/C16H21BrN4O3/c1-10-12(11(2)21(19-10)5-6-24-4)8-18-16(23)14-7-13(17)15(9-22)20(14)3/h7,9H,5-6,8H2,1-4H3,(H,18,23). The van der Waals surface area contributed by atoms with Crippen molar-refractivity contribution in [1.29, 1.82) is 0 Å². The third-order valence-electron chi connectivity index (χ3n) is 4.04. The van der Waals surface area contributed by atoms with Crippen LogP contribution < -0.4 is 5.32 Å². The summed E-state index contributed by atoms with van der Waals surface area (Å²) in [6, 6.07) is 1.64. The molecule has 0 bridgehead atoms. The predicted molar refractivity (Wildman–Crippen MR) is 93.2 cm³/mol. The van der Waals surface area contributed by atoms with E-state index in [-0.39, 0.29) is 5.91 Å². The van der Waals surface area contributed by atoms with Gasteiger partial charge >= 0.3 is 0 Å². The number of aryl methyl sites for hydroxylation is 1. The number of rotatable bonds is 7. The molecule has 0 aliphatic rings. The van der Waals surface area contributed by atoms with Gasteiger partial charge in [0, 0.05) is 36.4 Å². The van der Waals surface area contributed by atoms with E-state index in [0.717, 1.165) is 23.2 Å². The van der Waals surface area contributed by atoms with Crippen molar-refractivity contribution in [2.45, 2.75) is 26.9 Å². The highest BCUT2D eigenvalue weighted by atomic mass is 79.9. The van der Waals surface area contributed by atoms with Crippen LogP contribution in [-0.2, 0) is 24.9 Å². The second-order valence-corrected chi connectivity index (χ2v) is 6.34. The number of halogens is 1. The van der Waals surface area contributed by atoms with Gasteiger partial charge < -0.3 is 14.6 Å². The zero-order valence-corrected chi connectivity index (χ0v) is 15.8. The van der Waals surface area contributed by atoms with Crippen LogP contribution in [0.15, 0.2) is 10.5 Å². The quantitative estimate of drug-likeness (QED) is 0.725. The van der Waals surface area contributed by atoms with Crippen LogP contribution in [0.25, 0.3) is 0 Å². The van der Waals surface area contributed by atoms with Gasteiger partial charge in [-0.25, -0.2) is 0 Å². The first-order valence-corrected chi connectivity index (χ1v) is 8.30. The van der Waals surface area contributed by atoms with Crippen molar-refractivity contribution >= 4 is 28.1 Å².